The second-order valence-electron chi connectivity index (χ2n) is 4.77. The minimum atomic E-state index is -0.859. The average molecular weight is 326 g/mol. The van der Waals surface area contributed by atoms with E-state index in [2.05, 4.69) is 15.9 Å². The van der Waals surface area contributed by atoms with Gasteiger partial charge in [-0.1, -0.05) is 28.1 Å². The summed E-state index contributed by atoms with van der Waals surface area (Å²) in [5, 5.41) is 8.72. The molecule has 1 N–H and O–H groups in total. The molecule has 0 aliphatic heterocycles. The van der Waals surface area contributed by atoms with Gasteiger partial charge in [0.25, 0.3) is 0 Å². The van der Waals surface area contributed by atoms with E-state index < -0.39 is 5.97 Å². The molecule has 19 heavy (non-hydrogen) atoms. The Bertz CT molecular complexity index is 468. The van der Waals surface area contributed by atoms with Crippen molar-refractivity contribution in [3.8, 4) is 0 Å². The van der Waals surface area contributed by atoms with Crippen LogP contribution < -0.4 is 0 Å². The molecule has 5 heteroatoms. The van der Waals surface area contributed by atoms with Gasteiger partial charge in [0.15, 0.2) is 0 Å². The van der Waals surface area contributed by atoms with E-state index in [1.54, 1.807) is 4.90 Å². The summed E-state index contributed by atoms with van der Waals surface area (Å²) in [5.74, 6) is -0.840. The van der Waals surface area contributed by atoms with Crippen molar-refractivity contribution in [3.05, 3.63) is 34.3 Å². The molecule has 0 spiro atoms. The van der Waals surface area contributed by atoms with Gasteiger partial charge in [0.05, 0.1) is 12.8 Å². The smallest absolute Gasteiger partial charge is 0.305 e. The summed E-state index contributed by atoms with van der Waals surface area (Å²) in [6.07, 6.45) is 2.34. The van der Waals surface area contributed by atoms with E-state index in [0.29, 0.717) is 13.0 Å². The average Bonchev–Trinajstić information content (AvgIpc) is 3.16. The van der Waals surface area contributed by atoms with Gasteiger partial charge < -0.3 is 10.0 Å². The minimum Gasteiger partial charge on any atom is -0.481 e. The summed E-state index contributed by atoms with van der Waals surface area (Å²) in [6, 6.07) is 7.87. The first-order valence-electron chi connectivity index (χ1n) is 6.32. The second kappa shape index (κ2) is 6.19. The monoisotopic (exact) mass is 325 g/mol. The van der Waals surface area contributed by atoms with Crippen molar-refractivity contribution in [2.24, 2.45) is 0 Å². The van der Waals surface area contributed by atoms with Crippen LogP contribution in [0.15, 0.2) is 28.7 Å². The standard InChI is InChI=1S/C14H16BrNO3/c15-11-3-1-10(2-4-11)9-13(17)16(12-5-6-12)8-7-14(18)19/h1-4,12H,5-9H2,(H,18,19). The summed E-state index contributed by atoms with van der Waals surface area (Å²) in [4.78, 5) is 24.6. The van der Waals surface area contributed by atoms with Crippen molar-refractivity contribution in [2.45, 2.75) is 31.7 Å². The van der Waals surface area contributed by atoms with Gasteiger partial charge in [-0.2, -0.15) is 0 Å². The zero-order valence-corrected chi connectivity index (χ0v) is 12.1. The summed E-state index contributed by atoms with van der Waals surface area (Å²) >= 11 is 3.35. The maximum atomic E-state index is 12.2. The van der Waals surface area contributed by atoms with E-state index >= 15 is 0 Å². The van der Waals surface area contributed by atoms with Crippen LogP contribution in [0.3, 0.4) is 0 Å². The summed E-state index contributed by atoms with van der Waals surface area (Å²) in [5.41, 5.74) is 0.953. The maximum absolute atomic E-state index is 12.2. The Morgan fingerprint density at radius 3 is 2.42 bits per heavy atom. The van der Waals surface area contributed by atoms with Crippen molar-refractivity contribution >= 4 is 27.8 Å². The Hall–Kier alpha value is -1.36. The molecule has 0 saturated heterocycles. The van der Waals surface area contributed by atoms with Gasteiger partial charge in [-0.25, -0.2) is 0 Å². The number of carbonyl (C=O) groups excluding carboxylic acids is 1. The van der Waals surface area contributed by atoms with Gasteiger partial charge in [0.2, 0.25) is 5.91 Å². The molecule has 1 aliphatic rings. The Labute approximate surface area is 120 Å². The lowest BCUT2D eigenvalue weighted by Crippen LogP contribution is -2.36. The highest BCUT2D eigenvalue weighted by atomic mass is 79.9. The van der Waals surface area contributed by atoms with Crippen LogP contribution in [0.1, 0.15) is 24.8 Å². The molecule has 2 rings (SSSR count). The third-order valence-corrected chi connectivity index (χ3v) is 3.67. The normalized spacial score (nSPS) is 14.2. The lowest BCUT2D eigenvalue weighted by atomic mass is 10.1. The first-order valence-corrected chi connectivity index (χ1v) is 7.11. The number of carboxylic acid groups (broad SMARTS) is 1. The van der Waals surface area contributed by atoms with E-state index in [-0.39, 0.29) is 18.4 Å². The van der Waals surface area contributed by atoms with E-state index in [9.17, 15) is 9.59 Å². The minimum absolute atomic E-state index is 0.0164. The van der Waals surface area contributed by atoms with Crippen LogP contribution in [0, 0.1) is 0 Å². The number of rotatable bonds is 6. The molecular formula is C14H16BrNO3. The van der Waals surface area contributed by atoms with Gasteiger partial charge in [-0.05, 0) is 30.5 Å². The number of nitrogens with zero attached hydrogens (tertiary/aromatic N) is 1. The number of amides is 1. The quantitative estimate of drug-likeness (QED) is 0.874. The topological polar surface area (TPSA) is 57.6 Å². The van der Waals surface area contributed by atoms with Crippen molar-refractivity contribution in [2.75, 3.05) is 6.54 Å². The third-order valence-electron chi connectivity index (χ3n) is 3.14. The fourth-order valence-corrected chi connectivity index (χ4v) is 2.26. The van der Waals surface area contributed by atoms with E-state index in [1.807, 2.05) is 24.3 Å². The van der Waals surface area contributed by atoms with Crippen molar-refractivity contribution in [3.63, 3.8) is 0 Å². The maximum Gasteiger partial charge on any atom is 0.305 e. The van der Waals surface area contributed by atoms with Crippen LogP contribution in [0.2, 0.25) is 0 Å². The summed E-state index contributed by atoms with van der Waals surface area (Å²) in [7, 11) is 0. The zero-order chi connectivity index (χ0) is 13.8. The van der Waals surface area contributed by atoms with Crippen molar-refractivity contribution in [1.82, 2.24) is 4.90 Å². The van der Waals surface area contributed by atoms with E-state index in [1.165, 1.54) is 0 Å². The Kier molecular flexibility index (Phi) is 4.58. The van der Waals surface area contributed by atoms with Crippen LogP contribution in [0.5, 0.6) is 0 Å². The molecule has 1 amide bonds. The second-order valence-corrected chi connectivity index (χ2v) is 5.68. The lowest BCUT2D eigenvalue weighted by Gasteiger charge is -2.21. The number of carbonyl (C=O) groups is 2. The van der Waals surface area contributed by atoms with Gasteiger partial charge >= 0.3 is 5.97 Å². The SMILES string of the molecule is O=C(O)CCN(C(=O)Cc1ccc(Br)cc1)C1CC1. The van der Waals surface area contributed by atoms with Gasteiger partial charge in [-0.3, -0.25) is 9.59 Å². The van der Waals surface area contributed by atoms with Crippen molar-refractivity contribution in [1.29, 1.82) is 0 Å². The summed E-state index contributed by atoms with van der Waals surface area (Å²) in [6.45, 7) is 0.315. The largest absolute Gasteiger partial charge is 0.481 e. The van der Waals surface area contributed by atoms with Gasteiger partial charge in [0, 0.05) is 17.1 Å². The molecule has 1 aliphatic carbocycles. The molecule has 0 atom stereocenters. The molecule has 1 aromatic carbocycles. The highest BCUT2D eigenvalue weighted by Crippen LogP contribution is 2.27. The first-order chi connectivity index (χ1) is 9.06. The third kappa shape index (κ3) is 4.35. The molecule has 102 valence electrons. The zero-order valence-electron chi connectivity index (χ0n) is 10.5. The highest BCUT2D eigenvalue weighted by Gasteiger charge is 2.32. The van der Waals surface area contributed by atoms with Gasteiger partial charge in [-0.15, -0.1) is 0 Å². The lowest BCUT2D eigenvalue weighted by molar-refractivity contribution is -0.138. The molecule has 4 nitrogen and oxygen atoms in total. The Morgan fingerprint density at radius 2 is 1.89 bits per heavy atom. The number of hydrogen-bond donors (Lipinski definition) is 1. The van der Waals surface area contributed by atoms with Gasteiger partial charge in [0.1, 0.15) is 0 Å². The van der Waals surface area contributed by atoms with Crippen LogP contribution in [0.4, 0.5) is 0 Å². The molecule has 0 aromatic heterocycles. The molecule has 0 unspecified atom stereocenters. The molecule has 0 radical (unpaired) electrons. The first kappa shape index (κ1) is 14.1. The Balaban J connectivity index is 1.95. The van der Waals surface area contributed by atoms with Crippen LogP contribution >= 0.6 is 15.9 Å². The highest BCUT2D eigenvalue weighted by molar-refractivity contribution is 9.10. The molecule has 1 saturated carbocycles. The molecule has 0 heterocycles. The van der Waals surface area contributed by atoms with Crippen LogP contribution in [-0.2, 0) is 16.0 Å². The molecule has 1 aromatic rings. The number of halogens is 1. The number of hydrogen-bond acceptors (Lipinski definition) is 2. The predicted octanol–water partition coefficient (Wildman–Crippen LogP) is 2.46. The number of carboxylic acids is 1. The number of benzene rings is 1. The fraction of sp³-hybridized carbons (Fsp3) is 0.429. The van der Waals surface area contributed by atoms with E-state index in [4.69, 9.17) is 5.11 Å². The number of aliphatic carboxylic acids is 1. The van der Waals surface area contributed by atoms with E-state index in [0.717, 1.165) is 22.9 Å². The van der Waals surface area contributed by atoms with Crippen LogP contribution in [-0.4, -0.2) is 34.5 Å². The Morgan fingerprint density at radius 1 is 1.26 bits per heavy atom. The molecule has 0 bridgehead atoms. The molecular weight excluding hydrogens is 310 g/mol. The fourth-order valence-electron chi connectivity index (χ4n) is 1.99. The van der Waals surface area contributed by atoms with Crippen LogP contribution in [0.25, 0.3) is 0 Å². The summed E-state index contributed by atoms with van der Waals surface area (Å²) < 4.78 is 0.980. The van der Waals surface area contributed by atoms with Crippen molar-refractivity contribution < 1.29 is 14.7 Å². The predicted molar refractivity (Wildman–Crippen MR) is 74.8 cm³/mol. The molecule has 1 fully saturated rings.